The van der Waals surface area contributed by atoms with E-state index in [0.717, 1.165) is 22.5 Å². The van der Waals surface area contributed by atoms with E-state index in [1.54, 1.807) is 12.2 Å². The minimum absolute atomic E-state index is 0.0104. The first kappa shape index (κ1) is 40.3. The number of nitrogens with zero attached hydrogens (tertiary/aromatic N) is 7. The van der Waals surface area contributed by atoms with Crippen LogP contribution in [-0.2, 0) is 0 Å². The van der Waals surface area contributed by atoms with Crippen molar-refractivity contribution in [3.05, 3.63) is 183 Å². The molecule has 11 nitrogen and oxygen atoms in total. The molecule has 0 aromatic heterocycles. The highest BCUT2D eigenvalue weighted by Gasteiger charge is 2.24. The standard InChI is InChI=1S/C45H31N7O4/c1-3-52(39-13-5-4-6-14-39)43-32(9-7-11-36(25-46)41(38(27-48)28-49)30-15-21-34(22-16-30)44(53)54)19-20-33(43)10-8-12-37(26-47)42(40(29-50)51-2)31-17-23-35(24-18-31)45(55)56/h4-18,21-24,38H,3,19-20H2,1H3,(H,53,54)(H,55,56)/b10-8+,11-7+,32-9+,37-12+,41-36-,42-40+. The molecule has 0 atom stereocenters. The van der Waals surface area contributed by atoms with Crippen LogP contribution in [0.4, 0.5) is 5.69 Å². The Labute approximate surface area is 324 Å². The molecule has 0 saturated heterocycles. The molecule has 270 valence electrons. The summed E-state index contributed by atoms with van der Waals surface area (Å²) in [5.74, 6) is -3.58. The largest absolute Gasteiger partial charge is 0.478 e. The third-order valence-electron chi connectivity index (χ3n) is 8.71. The maximum Gasteiger partial charge on any atom is 0.335 e. The zero-order chi connectivity index (χ0) is 40.6. The Morgan fingerprint density at radius 2 is 1.39 bits per heavy atom. The van der Waals surface area contributed by atoms with Crippen molar-refractivity contribution < 1.29 is 19.8 Å². The molecule has 0 amide bonds. The lowest BCUT2D eigenvalue weighted by molar-refractivity contribution is 0.0686. The fourth-order valence-electron chi connectivity index (χ4n) is 6.11. The minimum atomic E-state index is -1.30. The van der Waals surface area contributed by atoms with Gasteiger partial charge in [0.1, 0.15) is 0 Å². The average molecular weight is 734 g/mol. The predicted octanol–water partition coefficient (Wildman–Crippen LogP) is 8.94. The van der Waals surface area contributed by atoms with E-state index in [1.807, 2.05) is 67.6 Å². The number of aromatic carboxylic acids is 2. The van der Waals surface area contributed by atoms with Gasteiger partial charge in [0, 0.05) is 29.1 Å². The van der Waals surface area contributed by atoms with Crippen LogP contribution in [0, 0.1) is 69.1 Å². The first-order valence-corrected chi connectivity index (χ1v) is 17.0. The third kappa shape index (κ3) is 9.30. The Bertz CT molecular complexity index is 2480. The van der Waals surface area contributed by atoms with Crippen LogP contribution < -0.4 is 4.90 Å². The summed E-state index contributed by atoms with van der Waals surface area (Å²) in [6.45, 7) is 10.1. The maximum atomic E-state index is 11.4. The lowest BCUT2D eigenvalue weighted by Crippen LogP contribution is -2.22. The van der Waals surface area contributed by atoms with Gasteiger partial charge in [-0.2, -0.15) is 21.0 Å². The van der Waals surface area contributed by atoms with Crippen LogP contribution in [0.3, 0.4) is 0 Å². The topological polar surface area (TPSA) is 201 Å². The number of carboxylic acid groups (broad SMARTS) is 2. The number of para-hydroxylation sites is 1. The molecule has 0 heterocycles. The zero-order valence-electron chi connectivity index (χ0n) is 30.0. The zero-order valence-corrected chi connectivity index (χ0v) is 30.0. The Morgan fingerprint density at radius 1 is 0.804 bits per heavy atom. The number of nitriles is 5. The van der Waals surface area contributed by atoms with Gasteiger partial charge in [-0.3, -0.25) is 0 Å². The SMILES string of the molecule is [C-]#[N+]/C(C#N)=C(/C(C#N)=C/C=C/C1=C(N(CC)c2ccccc2)C(=C/C=C/C(C#N)=C(\c2ccc(C(=O)O)cc2)C(C#N)C#N)/CC1)c1ccc(C(=O)O)cc1. The van der Waals surface area contributed by atoms with Crippen LogP contribution >= 0.6 is 0 Å². The molecule has 0 saturated carbocycles. The molecule has 0 bridgehead atoms. The summed E-state index contributed by atoms with van der Waals surface area (Å²) in [6.07, 6.45) is 11.3. The summed E-state index contributed by atoms with van der Waals surface area (Å²) >= 11 is 0. The minimum Gasteiger partial charge on any atom is -0.478 e. The van der Waals surface area contributed by atoms with E-state index in [0.29, 0.717) is 30.5 Å². The number of anilines is 1. The molecular formula is C45H31N7O4. The molecule has 3 aromatic carbocycles. The van der Waals surface area contributed by atoms with Crippen molar-refractivity contribution in [2.45, 2.75) is 19.8 Å². The van der Waals surface area contributed by atoms with Gasteiger partial charge in [0.15, 0.2) is 5.92 Å². The monoisotopic (exact) mass is 733 g/mol. The van der Waals surface area contributed by atoms with Gasteiger partial charge in [-0.15, -0.1) is 0 Å². The van der Waals surface area contributed by atoms with Crippen LogP contribution in [0.1, 0.15) is 51.6 Å². The van der Waals surface area contributed by atoms with E-state index in [-0.39, 0.29) is 39.1 Å². The quantitative estimate of drug-likeness (QED) is 0.0970. The predicted molar refractivity (Wildman–Crippen MR) is 209 cm³/mol. The number of allylic oxidation sites excluding steroid dienone is 13. The smallest absolute Gasteiger partial charge is 0.335 e. The number of hydrogen-bond acceptors (Lipinski definition) is 8. The second-order valence-electron chi connectivity index (χ2n) is 11.9. The van der Waals surface area contributed by atoms with Gasteiger partial charge in [0.25, 0.3) is 5.70 Å². The van der Waals surface area contributed by atoms with Crippen LogP contribution in [0.15, 0.2) is 149 Å². The first-order valence-electron chi connectivity index (χ1n) is 17.0. The molecular weight excluding hydrogens is 703 g/mol. The van der Waals surface area contributed by atoms with Gasteiger partial charge in [-0.05, 0) is 90.6 Å². The molecule has 1 aliphatic carbocycles. The van der Waals surface area contributed by atoms with E-state index in [2.05, 4.69) is 21.9 Å². The Morgan fingerprint density at radius 3 is 1.89 bits per heavy atom. The third-order valence-corrected chi connectivity index (χ3v) is 8.71. The van der Waals surface area contributed by atoms with Crippen molar-refractivity contribution in [2.75, 3.05) is 11.4 Å². The number of rotatable bonds is 13. The van der Waals surface area contributed by atoms with Gasteiger partial charge >= 0.3 is 11.9 Å². The van der Waals surface area contributed by atoms with E-state index >= 15 is 0 Å². The average Bonchev–Trinajstić information content (AvgIpc) is 3.62. The van der Waals surface area contributed by atoms with Crippen molar-refractivity contribution >= 4 is 28.8 Å². The molecule has 0 aliphatic heterocycles. The lowest BCUT2D eigenvalue weighted by Gasteiger charge is -2.27. The molecule has 0 fully saturated rings. The first-order chi connectivity index (χ1) is 27.1. The highest BCUT2D eigenvalue weighted by molar-refractivity contribution is 5.91. The van der Waals surface area contributed by atoms with Crippen molar-refractivity contribution in [2.24, 2.45) is 5.92 Å². The number of likely N-dealkylation sites (N-methyl/N-ethyl adjacent to an activating group) is 1. The fourth-order valence-corrected chi connectivity index (χ4v) is 6.11. The lowest BCUT2D eigenvalue weighted by atomic mass is 9.89. The summed E-state index contributed by atoms with van der Waals surface area (Å²) in [7, 11) is 0. The van der Waals surface area contributed by atoms with Crippen LogP contribution in [0.25, 0.3) is 16.0 Å². The number of carboxylic acids is 2. The molecule has 0 unspecified atom stereocenters. The van der Waals surface area contributed by atoms with Crippen LogP contribution in [-0.4, -0.2) is 28.7 Å². The molecule has 56 heavy (non-hydrogen) atoms. The normalized spacial score (nSPS) is 14.2. The maximum absolute atomic E-state index is 11.4. The molecule has 4 rings (SSSR count). The Balaban J connectivity index is 1.84. The molecule has 1 aliphatic rings. The highest BCUT2D eigenvalue weighted by Crippen LogP contribution is 2.38. The number of benzene rings is 3. The molecule has 3 aromatic rings. The van der Waals surface area contributed by atoms with Gasteiger partial charge < -0.3 is 15.1 Å². The summed E-state index contributed by atoms with van der Waals surface area (Å²) in [6, 6.07) is 30.7. The van der Waals surface area contributed by atoms with E-state index < -0.39 is 17.9 Å². The van der Waals surface area contributed by atoms with E-state index in [1.165, 1.54) is 60.7 Å². The van der Waals surface area contributed by atoms with Gasteiger partial charge in [0.2, 0.25) is 0 Å². The summed E-state index contributed by atoms with van der Waals surface area (Å²) in [4.78, 5) is 28.2. The highest BCUT2D eigenvalue weighted by atomic mass is 16.4. The molecule has 11 heteroatoms. The van der Waals surface area contributed by atoms with Gasteiger partial charge in [0.05, 0.1) is 59.2 Å². The summed E-state index contributed by atoms with van der Waals surface area (Å²) in [5, 5.41) is 68.2. The van der Waals surface area contributed by atoms with Crippen molar-refractivity contribution in [1.29, 1.82) is 26.3 Å². The van der Waals surface area contributed by atoms with Crippen molar-refractivity contribution in [3.63, 3.8) is 0 Å². The van der Waals surface area contributed by atoms with Crippen LogP contribution in [0.5, 0.6) is 0 Å². The summed E-state index contributed by atoms with van der Waals surface area (Å²) < 4.78 is 0. The Hall–Kier alpha value is -8.48. The fraction of sp³-hybridized carbons (Fsp3) is 0.111. The van der Waals surface area contributed by atoms with Gasteiger partial charge in [-0.1, -0.05) is 66.8 Å². The van der Waals surface area contributed by atoms with Crippen molar-refractivity contribution in [3.8, 4) is 30.3 Å². The number of hydrogen-bond donors (Lipinski definition) is 2. The number of carbonyl (C=O) groups is 2. The molecule has 0 spiro atoms. The second kappa shape index (κ2) is 19.4. The summed E-state index contributed by atoms with van der Waals surface area (Å²) in [5.41, 5.74) is 4.34. The van der Waals surface area contributed by atoms with E-state index in [4.69, 9.17) is 6.57 Å². The van der Waals surface area contributed by atoms with Crippen molar-refractivity contribution in [1.82, 2.24) is 0 Å². The van der Waals surface area contributed by atoms with E-state index in [9.17, 15) is 46.1 Å². The van der Waals surface area contributed by atoms with Crippen LogP contribution in [0.2, 0.25) is 0 Å². The Kier molecular flexibility index (Phi) is 13.9. The second-order valence-corrected chi connectivity index (χ2v) is 11.9. The molecule has 0 radical (unpaired) electrons. The van der Waals surface area contributed by atoms with Gasteiger partial charge in [-0.25, -0.2) is 19.7 Å². The molecule has 2 N–H and O–H groups in total.